The molecule has 0 saturated heterocycles. The van der Waals surface area contributed by atoms with Crippen LogP contribution in [0.2, 0.25) is 0 Å². The molecule has 0 unspecified atom stereocenters. The molecule has 0 atom stereocenters. The maximum absolute atomic E-state index is 11.8. The fourth-order valence-electron chi connectivity index (χ4n) is 1.98. The Bertz CT molecular complexity index is 214. The quantitative estimate of drug-likeness (QED) is 0.725. The topological polar surface area (TPSA) is 46.3 Å². The SMILES string of the molecule is CN(CC1CC(N)C1)C(=O)C(C)(C)C. The summed E-state index contributed by atoms with van der Waals surface area (Å²) in [6.45, 7) is 6.73. The summed E-state index contributed by atoms with van der Waals surface area (Å²) in [5.41, 5.74) is 5.44. The van der Waals surface area contributed by atoms with Crippen LogP contribution < -0.4 is 5.73 Å². The van der Waals surface area contributed by atoms with Gasteiger partial charge in [0.15, 0.2) is 0 Å². The molecule has 1 aliphatic rings. The van der Waals surface area contributed by atoms with Gasteiger partial charge in [0.1, 0.15) is 0 Å². The maximum atomic E-state index is 11.8. The number of nitrogens with two attached hydrogens (primary N) is 1. The number of carbonyl (C=O) groups excluding carboxylic acids is 1. The van der Waals surface area contributed by atoms with Crippen LogP contribution in [0.15, 0.2) is 0 Å². The molecule has 0 aromatic heterocycles. The molecule has 1 saturated carbocycles. The number of rotatable bonds is 2. The van der Waals surface area contributed by atoms with Gasteiger partial charge in [-0.15, -0.1) is 0 Å². The summed E-state index contributed by atoms with van der Waals surface area (Å²) in [6.07, 6.45) is 2.14. The van der Waals surface area contributed by atoms with E-state index < -0.39 is 0 Å². The van der Waals surface area contributed by atoms with Gasteiger partial charge in [0.2, 0.25) is 5.91 Å². The van der Waals surface area contributed by atoms with Gasteiger partial charge in [-0.3, -0.25) is 4.79 Å². The molecule has 14 heavy (non-hydrogen) atoms. The second kappa shape index (κ2) is 3.89. The van der Waals surface area contributed by atoms with Gasteiger partial charge >= 0.3 is 0 Å². The predicted octanol–water partition coefficient (Wildman–Crippen LogP) is 1.23. The number of amides is 1. The van der Waals surface area contributed by atoms with Crippen molar-refractivity contribution >= 4 is 5.91 Å². The van der Waals surface area contributed by atoms with Gasteiger partial charge in [0, 0.05) is 25.0 Å². The Labute approximate surface area is 86.6 Å². The van der Waals surface area contributed by atoms with Crippen LogP contribution in [0.25, 0.3) is 0 Å². The Morgan fingerprint density at radius 3 is 2.29 bits per heavy atom. The highest BCUT2D eigenvalue weighted by molar-refractivity contribution is 5.81. The third-order valence-electron chi connectivity index (χ3n) is 2.79. The molecular weight excluding hydrogens is 176 g/mol. The van der Waals surface area contributed by atoms with E-state index in [1.54, 1.807) is 0 Å². The van der Waals surface area contributed by atoms with Crippen LogP contribution in [0.4, 0.5) is 0 Å². The molecule has 0 aliphatic heterocycles. The largest absolute Gasteiger partial charge is 0.345 e. The molecule has 0 spiro atoms. The van der Waals surface area contributed by atoms with Crippen molar-refractivity contribution in [2.24, 2.45) is 17.1 Å². The lowest BCUT2D eigenvalue weighted by molar-refractivity contribution is -0.139. The lowest BCUT2D eigenvalue weighted by Gasteiger charge is -2.37. The zero-order valence-corrected chi connectivity index (χ0v) is 9.71. The smallest absolute Gasteiger partial charge is 0.227 e. The van der Waals surface area contributed by atoms with E-state index in [2.05, 4.69) is 0 Å². The number of carbonyl (C=O) groups is 1. The molecule has 1 amide bonds. The summed E-state index contributed by atoms with van der Waals surface area (Å²) in [7, 11) is 1.89. The van der Waals surface area contributed by atoms with Crippen LogP contribution in [-0.4, -0.2) is 30.4 Å². The van der Waals surface area contributed by atoms with Gasteiger partial charge in [-0.05, 0) is 18.8 Å². The van der Waals surface area contributed by atoms with Crippen molar-refractivity contribution in [1.82, 2.24) is 4.90 Å². The lowest BCUT2D eigenvalue weighted by Crippen LogP contribution is -2.45. The van der Waals surface area contributed by atoms with Crippen LogP contribution in [0.3, 0.4) is 0 Å². The number of hydrogen-bond donors (Lipinski definition) is 1. The average Bonchev–Trinajstić information content (AvgIpc) is 1.98. The van der Waals surface area contributed by atoms with Crippen molar-refractivity contribution in [1.29, 1.82) is 0 Å². The van der Waals surface area contributed by atoms with Gasteiger partial charge in [-0.25, -0.2) is 0 Å². The van der Waals surface area contributed by atoms with Crippen LogP contribution in [0, 0.1) is 11.3 Å². The van der Waals surface area contributed by atoms with Crippen LogP contribution in [-0.2, 0) is 4.79 Å². The van der Waals surface area contributed by atoms with Crippen molar-refractivity contribution in [2.75, 3.05) is 13.6 Å². The van der Waals surface area contributed by atoms with Crippen molar-refractivity contribution in [3.63, 3.8) is 0 Å². The van der Waals surface area contributed by atoms with E-state index in [1.165, 1.54) is 0 Å². The Morgan fingerprint density at radius 1 is 1.43 bits per heavy atom. The van der Waals surface area contributed by atoms with Gasteiger partial charge in [0.05, 0.1) is 0 Å². The van der Waals surface area contributed by atoms with Crippen LogP contribution >= 0.6 is 0 Å². The predicted molar refractivity (Wildman–Crippen MR) is 57.8 cm³/mol. The Balaban J connectivity index is 2.35. The van der Waals surface area contributed by atoms with Gasteiger partial charge < -0.3 is 10.6 Å². The summed E-state index contributed by atoms with van der Waals surface area (Å²) in [5, 5.41) is 0. The minimum Gasteiger partial charge on any atom is -0.345 e. The standard InChI is InChI=1S/C11H22N2O/c1-11(2,3)10(14)13(4)7-8-5-9(12)6-8/h8-9H,5-7,12H2,1-4H3. The summed E-state index contributed by atoms with van der Waals surface area (Å²) >= 11 is 0. The van der Waals surface area contributed by atoms with E-state index in [0.717, 1.165) is 19.4 Å². The average molecular weight is 198 g/mol. The van der Waals surface area contributed by atoms with Crippen LogP contribution in [0.1, 0.15) is 33.6 Å². The van der Waals surface area contributed by atoms with Crippen LogP contribution in [0.5, 0.6) is 0 Å². The molecular formula is C11H22N2O. The van der Waals surface area contributed by atoms with Crippen molar-refractivity contribution in [2.45, 2.75) is 39.7 Å². The fraction of sp³-hybridized carbons (Fsp3) is 0.909. The summed E-state index contributed by atoms with van der Waals surface area (Å²) in [4.78, 5) is 13.7. The molecule has 3 nitrogen and oxygen atoms in total. The third kappa shape index (κ3) is 2.71. The highest BCUT2D eigenvalue weighted by atomic mass is 16.2. The normalized spacial score (nSPS) is 26.9. The molecule has 0 heterocycles. The molecule has 3 heteroatoms. The molecule has 0 aromatic rings. The van der Waals surface area contributed by atoms with E-state index in [-0.39, 0.29) is 11.3 Å². The zero-order chi connectivity index (χ0) is 10.9. The zero-order valence-electron chi connectivity index (χ0n) is 9.71. The number of nitrogens with zero attached hydrogens (tertiary/aromatic N) is 1. The van der Waals surface area contributed by atoms with E-state index >= 15 is 0 Å². The first-order chi connectivity index (χ1) is 6.30. The van der Waals surface area contributed by atoms with Gasteiger partial charge in [0.25, 0.3) is 0 Å². The molecule has 1 aliphatic carbocycles. The summed E-state index contributed by atoms with van der Waals surface area (Å²) < 4.78 is 0. The Kier molecular flexibility index (Phi) is 3.20. The molecule has 1 rings (SSSR count). The first-order valence-electron chi connectivity index (χ1n) is 5.32. The minimum absolute atomic E-state index is 0.220. The molecule has 0 radical (unpaired) electrons. The molecule has 0 bridgehead atoms. The van der Waals surface area contributed by atoms with Crippen molar-refractivity contribution < 1.29 is 4.79 Å². The molecule has 2 N–H and O–H groups in total. The Morgan fingerprint density at radius 2 is 1.93 bits per heavy atom. The van der Waals surface area contributed by atoms with E-state index in [1.807, 2.05) is 32.7 Å². The molecule has 0 aromatic carbocycles. The van der Waals surface area contributed by atoms with Gasteiger partial charge in [-0.2, -0.15) is 0 Å². The maximum Gasteiger partial charge on any atom is 0.227 e. The summed E-state index contributed by atoms with van der Waals surface area (Å²) in [6, 6.07) is 0.373. The molecule has 82 valence electrons. The first-order valence-corrected chi connectivity index (χ1v) is 5.32. The monoisotopic (exact) mass is 198 g/mol. The lowest BCUT2D eigenvalue weighted by atomic mass is 9.80. The fourth-order valence-corrected chi connectivity index (χ4v) is 1.98. The minimum atomic E-state index is -0.263. The Hall–Kier alpha value is -0.570. The van der Waals surface area contributed by atoms with E-state index in [4.69, 9.17) is 5.73 Å². The van der Waals surface area contributed by atoms with Crippen molar-refractivity contribution in [3.8, 4) is 0 Å². The second-order valence-corrected chi connectivity index (χ2v) is 5.53. The number of hydrogen-bond acceptors (Lipinski definition) is 2. The van der Waals surface area contributed by atoms with Crippen molar-refractivity contribution in [3.05, 3.63) is 0 Å². The highest BCUT2D eigenvalue weighted by Gasteiger charge is 2.31. The van der Waals surface area contributed by atoms with E-state index in [0.29, 0.717) is 12.0 Å². The highest BCUT2D eigenvalue weighted by Crippen LogP contribution is 2.27. The summed E-state index contributed by atoms with van der Waals surface area (Å²) in [5.74, 6) is 0.847. The third-order valence-corrected chi connectivity index (χ3v) is 2.79. The molecule has 1 fully saturated rings. The second-order valence-electron chi connectivity index (χ2n) is 5.53. The first kappa shape index (κ1) is 11.5. The van der Waals surface area contributed by atoms with E-state index in [9.17, 15) is 4.79 Å². The van der Waals surface area contributed by atoms with Gasteiger partial charge in [-0.1, -0.05) is 20.8 Å².